The molecule has 32 heavy (non-hydrogen) atoms. The summed E-state index contributed by atoms with van der Waals surface area (Å²) < 4.78 is 0.770. The van der Waals surface area contributed by atoms with Gasteiger partial charge in [0, 0.05) is 28.5 Å². The summed E-state index contributed by atoms with van der Waals surface area (Å²) in [5, 5.41) is 19.8. The summed E-state index contributed by atoms with van der Waals surface area (Å²) in [5.74, 6) is 0.436. The second-order valence-corrected chi connectivity index (χ2v) is 11.1. The normalized spacial score (nSPS) is 20.2. The lowest BCUT2D eigenvalue weighted by Crippen LogP contribution is -2.42. The van der Waals surface area contributed by atoms with Gasteiger partial charge < -0.3 is 5.73 Å². The van der Waals surface area contributed by atoms with Crippen LogP contribution >= 0.6 is 34.7 Å². The number of halogens is 1. The number of anilines is 1. The Balaban J connectivity index is 1.92. The first-order valence-corrected chi connectivity index (χ1v) is 12.2. The number of thioether (sulfide) groups is 1. The van der Waals surface area contributed by atoms with Gasteiger partial charge in [-0.25, -0.2) is 0 Å². The molecule has 1 aliphatic heterocycles. The molecule has 0 bridgehead atoms. The summed E-state index contributed by atoms with van der Waals surface area (Å²) in [7, 11) is 0. The number of allylic oxidation sites excluding steroid dienone is 3. The van der Waals surface area contributed by atoms with Crippen molar-refractivity contribution in [2.75, 3.05) is 10.7 Å². The summed E-state index contributed by atoms with van der Waals surface area (Å²) in [6.07, 6.45) is 2.82. The third-order valence-electron chi connectivity index (χ3n) is 5.47. The molecule has 2 aliphatic rings. The van der Waals surface area contributed by atoms with Crippen molar-refractivity contribution in [3.8, 4) is 6.07 Å². The molecule has 0 fully saturated rings. The minimum absolute atomic E-state index is 0.0113. The maximum atomic E-state index is 13.5. The summed E-state index contributed by atoms with van der Waals surface area (Å²) in [6.45, 7) is 7.86. The zero-order valence-electron chi connectivity index (χ0n) is 17.8. The molecule has 0 saturated carbocycles. The molecule has 1 atom stereocenters. The Bertz CT molecular complexity index is 1210. The lowest BCUT2D eigenvalue weighted by molar-refractivity contribution is -0.118. The molecule has 164 valence electrons. The van der Waals surface area contributed by atoms with Crippen molar-refractivity contribution in [2.45, 2.75) is 36.9 Å². The zero-order valence-corrected chi connectivity index (χ0v) is 20.2. The smallest absolute Gasteiger partial charge is 0.219 e. The van der Waals surface area contributed by atoms with Gasteiger partial charge in [0.2, 0.25) is 5.13 Å². The van der Waals surface area contributed by atoms with Gasteiger partial charge in [-0.3, -0.25) is 9.69 Å². The standard InChI is InChI=1S/C23H22ClN5OS2/c1-4-8-31-22-28-27-21(32-22)29-16-10-23(2,3)11-17(30)19(16)18(15(12-25)20(29)26)13-6-5-7-14(24)9-13/h4-7,9,18H,1,8,10-11,26H2,2-3H3. The number of ketones is 1. The van der Waals surface area contributed by atoms with Crippen LogP contribution < -0.4 is 10.6 Å². The van der Waals surface area contributed by atoms with Crippen molar-refractivity contribution in [1.29, 1.82) is 5.26 Å². The van der Waals surface area contributed by atoms with Gasteiger partial charge in [-0.15, -0.1) is 16.8 Å². The number of hydrogen-bond donors (Lipinski definition) is 1. The molecule has 4 rings (SSSR count). The van der Waals surface area contributed by atoms with E-state index in [4.69, 9.17) is 17.3 Å². The van der Waals surface area contributed by atoms with Crippen molar-refractivity contribution in [2.24, 2.45) is 11.1 Å². The van der Waals surface area contributed by atoms with Gasteiger partial charge in [-0.05, 0) is 29.5 Å². The average molecular weight is 484 g/mol. The molecule has 2 aromatic rings. The van der Waals surface area contributed by atoms with E-state index in [2.05, 4.69) is 36.7 Å². The highest BCUT2D eigenvalue weighted by atomic mass is 35.5. The SMILES string of the molecule is C=CCSc1nnc(N2C(N)=C(C#N)C(c3cccc(Cl)c3)C3=C2CC(C)(C)CC3=O)s1. The van der Waals surface area contributed by atoms with Gasteiger partial charge in [-0.1, -0.05) is 66.8 Å². The van der Waals surface area contributed by atoms with Gasteiger partial charge in [0.1, 0.15) is 5.82 Å². The highest BCUT2D eigenvalue weighted by Gasteiger charge is 2.45. The topological polar surface area (TPSA) is 95.9 Å². The maximum Gasteiger partial charge on any atom is 0.219 e. The third-order valence-corrected chi connectivity index (χ3v) is 7.75. The molecule has 2 heterocycles. The van der Waals surface area contributed by atoms with E-state index in [1.807, 2.05) is 12.1 Å². The molecule has 1 aliphatic carbocycles. The molecule has 9 heteroatoms. The van der Waals surface area contributed by atoms with Crippen LogP contribution in [0.5, 0.6) is 0 Å². The van der Waals surface area contributed by atoms with Crippen LogP contribution in [-0.2, 0) is 4.79 Å². The Hall–Kier alpha value is -2.60. The fourth-order valence-electron chi connectivity index (χ4n) is 4.23. The fourth-order valence-corrected chi connectivity index (χ4v) is 6.07. The molecule has 0 amide bonds. The van der Waals surface area contributed by atoms with Gasteiger partial charge in [0.05, 0.1) is 17.6 Å². The number of rotatable bonds is 5. The predicted molar refractivity (Wildman–Crippen MR) is 129 cm³/mol. The van der Waals surface area contributed by atoms with Crippen molar-refractivity contribution in [3.63, 3.8) is 0 Å². The molecule has 6 nitrogen and oxygen atoms in total. The Labute approximate surface area is 200 Å². The van der Waals surface area contributed by atoms with E-state index in [1.54, 1.807) is 23.1 Å². The van der Waals surface area contributed by atoms with Gasteiger partial charge >= 0.3 is 0 Å². The summed E-state index contributed by atoms with van der Waals surface area (Å²) in [4.78, 5) is 15.2. The number of benzene rings is 1. The van der Waals surface area contributed by atoms with Crippen molar-refractivity contribution in [3.05, 3.63) is 70.2 Å². The van der Waals surface area contributed by atoms with E-state index >= 15 is 0 Å². The molecule has 0 saturated heterocycles. The molecule has 1 unspecified atom stereocenters. The molecule has 0 radical (unpaired) electrons. The van der Waals surface area contributed by atoms with Crippen LogP contribution in [-0.4, -0.2) is 21.7 Å². The molecule has 0 spiro atoms. The first-order valence-electron chi connectivity index (χ1n) is 10.0. The number of aromatic nitrogens is 2. The highest BCUT2D eigenvalue weighted by molar-refractivity contribution is 8.01. The predicted octanol–water partition coefficient (Wildman–Crippen LogP) is 5.41. The zero-order chi connectivity index (χ0) is 23.0. The Morgan fingerprint density at radius 1 is 1.44 bits per heavy atom. The Kier molecular flexibility index (Phi) is 6.17. The monoisotopic (exact) mass is 483 g/mol. The van der Waals surface area contributed by atoms with Gasteiger partial charge in [0.25, 0.3) is 0 Å². The first-order chi connectivity index (χ1) is 15.3. The number of nitrogens with two attached hydrogens (primary N) is 1. The number of nitrogens with zero attached hydrogens (tertiary/aromatic N) is 4. The van der Waals surface area contributed by atoms with E-state index in [0.717, 1.165) is 15.6 Å². The number of Topliss-reactive ketones (excluding diaryl/α,β-unsaturated/α-hetero) is 1. The van der Waals surface area contributed by atoms with Crippen LogP contribution in [0.3, 0.4) is 0 Å². The Morgan fingerprint density at radius 3 is 2.91 bits per heavy atom. The third kappa shape index (κ3) is 4.08. The second kappa shape index (κ2) is 8.74. The van der Waals surface area contributed by atoms with Gasteiger partial charge in [0.15, 0.2) is 10.1 Å². The fraction of sp³-hybridized carbons (Fsp3) is 0.304. The quantitative estimate of drug-likeness (QED) is 0.448. The van der Waals surface area contributed by atoms with E-state index in [1.165, 1.54) is 23.1 Å². The summed E-state index contributed by atoms with van der Waals surface area (Å²) >= 11 is 9.15. The summed E-state index contributed by atoms with van der Waals surface area (Å²) in [5.41, 5.74) is 8.82. The van der Waals surface area contributed by atoms with E-state index in [9.17, 15) is 10.1 Å². The van der Waals surface area contributed by atoms with E-state index in [0.29, 0.717) is 39.9 Å². The van der Waals surface area contributed by atoms with Gasteiger partial charge in [-0.2, -0.15) is 5.26 Å². The first kappa shape index (κ1) is 22.6. The van der Waals surface area contributed by atoms with Crippen LogP contribution in [0.4, 0.5) is 5.13 Å². The average Bonchev–Trinajstić information content (AvgIpc) is 3.18. The van der Waals surface area contributed by atoms with Crippen LogP contribution in [0.25, 0.3) is 0 Å². The van der Waals surface area contributed by atoms with E-state index < -0.39 is 5.92 Å². The molecule has 2 N–H and O–H groups in total. The molecule has 1 aromatic heterocycles. The molecular formula is C23H22ClN5OS2. The molecular weight excluding hydrogens is 462 g/mol. The maximum absolute atomic E-state index is 13.5. The van der Waals surface area contributed by atoms with Crippen LogP contribution in [0.1, 0.15) is 38.2 Å². The number of carbonyl (C=O) groups is 1. The lowest BCUT2D eigenvalue weighted by atomic mass is 9.69. The number of nitriles is 1. The minimum Gasteiger partial charge on any atom is -0.384 e. The van der Waals surface area contributed by atoms with Crippen LogP contribution in [0, 0.1) is 16.7 Å². The van der Waals surface area contributed by atoms with Crippen molar-refractivity contribution in [1.82, 2.24) is 10.2 Å². The minimum atomic E-state index is -0.559. The second-order valence-electron chi connectivity index (χ2n) is 8.49. The number of carbonyl (C=O) groups excluding carboxylic acids is 1. The Morgan fingerprint density at radius 2 is 2.22 bits per heavy atom. The van der Waals surface area contributed by atoms with E-state index in [-0.39, 0.29) is 17.0 Å². The number of hydrogen-bond acceptors (Lipinski definition) is 8. The largest absolute Gasteiger partial charge is 0.384 e. The van der Waals surface area contributed by atoms with Crippen molar-refractivity contribution < 1.29 is 4.79 Å². The van der Waals surface area contributed by atoms with Crippen molar-refractivity contribution >= 4 is 45.6 Å². The highest BCUT2D eigenvalue weighted by Crippen LogP contribution is 2.50. The lowest BCUT2D eigenvalue weighted by Gasteiger charge is -2.42. The van der Waals surface area contributed by atoms with Crippen LogP contribution in [0.15, 0.2) is 63.9 Å². The summed E-state index contributed by atoms with van der Waals surface area (Å²) in [6, 6.07) is 9.52. The molecule has 1 aromatic carbocycles. The van der Waals surface area contributed by atoms with Crippen LogP contribution in [0.2, 0.25) is 5.02 Å².